The second-order valence-electron chi connectivity index (χ2n) is 6.42. The van der Waals surface area contributed by atoms with Crippen molar-refractivity contribution >= 4 is 16.9 Å². The minimum absolute atomic E-state index is 0.000398. The predicted octanol–water partition coefficient (Wildman–Crippen LogP) is 3.24. The fourth-order valence-electron chi connectivity index (χ4n) is 3.13. The van der Waals surface area contributed by atoms with Gasteiger partial charge in [-0.1, -0.05) is 24.3 Å². The second kappa shape index (κ2) is 6.59. The number of para-hydroxylation sites is 2. The van der Waals surface area contributed by atoms with Crippen molar-refractivity contribution in [2.24, 2.45) is 0 Å². The summed E-state index contributed by atoms with van der Waals surface area (Å²) in [4.78, 5) is 17.0. The maximum atomic E-state index is 12.3. The molecule has 1 aromatic heterocycles. The summed E-state index contributed by atoms with van der Waals surface area (Å²) in [5, 5.41) is 3.01. The van der Waals surface area contributed by atoms with Gasteiger partial charge in [-0.25, -0.2) is 4.98 Å². The summed E-state index contributed by atoms with van der Waals surface area (Å²) in [6.45, 7) is 0.459. The van der Waals surface area contributed by atoms with Crippen LogP contribution >= 0.6 is 0 Å². The Morgan fingerprint density at radius 2 is 1.96 bits per heavy atom. The number of nitrogens with one attached hydrogen (secondary N) is 1. The molecule has 1 N–H and O–H groups in total. The van der Waals surface area contributed by atoms with E-state index in [-0.39, 0.29) is 5.91 Å². The molecule has 2 aromatic carbocycles. The zero-order valence-electron chi connectivity index (χ0n) is 14.2. The lowest BCUT2D eigenvalue weighted by molar-refractivity contribution is -0.120. The summed E-state index contributed by atoms with van der Waals surface area (Å²) in [6, 6.07) is 16.3. The van der Waals surface area contributed by atoms with Gasteiger partial charge >= 0.3 is 0 Å². The quantitative estimate of drug-likeness (QED) is 0.752. The van der Waals surface area contributed by atoms with Crippen LogP contribution in [-0.4, -0.2) is 22.6 Å². The molecular formula is C20H21N3O2. The predicted molar refractivity (Wildman–Crippen MR) is 96.5 cm³/mol. The molecule has 1 aliphatic carbocycles. The first-order valence-electron chi connectivity index (χ1n) is 8.60. The summed E-state index contributed by atoms with van der Waals surface area (Å²) in [5.74, 6) is 1.73. The summed E-state index contributed by atoms with van der Waals surface area (Å²) in [6.07, 6.45) is 2.73. The van der Waals surface area contributed by atoms with E-state index in [0.717, 1.165) is 28.2 Å². The molecule has 25 heavy (non-hydrogen) atoms. The Morgan fingerprint density at radius 3 is 2.68 bits per heavy atom. The van der Waals surface area contributed by atoms with Crippen LogP contribution in [0.2, 0.25) is 0 Å². The Labute approximate surface area is 146 Å². The molecule has 1 aliphatic rings. The monoisotopic (exact) mass is 335 g/mol. The number of fused-ring (bicyclic) bond motifs is 1. The first kappa shape index (κ1) is 15.7. The van der Waals surface area contributed by atoms with Crippen molar-refractivity contribution in [1.82, 2.24) is 14.9 Å². The number of nitrogens with zero attached hydrogens (tertiary/aromatic N) is 2. The van der Waals surface area contributed by atoms with Gasteiger partial charge in [0.05, 0.1) is 31.1 Å². The van der Waals surface area contributed by atoms with Crippen LogP contribution in [0.3, 0.4) is 0 Å². The molecule has 1 amide bonds. The van der Waals surface area contributed by atoms with Crippen molar-refractivity contribution < 1.29 is 9.53 Å². The summed E-state index contributed by atoms with van der Waals surface area (Å²) in [7, 11) is 1.63. The highest BCUT2D eigenvalue weighted by Gasteiger charge is 2.28. The van der Waals surface area contributed by atoms with Gasteiger partial charge in [-0.2, -0.15) is 0 Å². The van der Waals surface area contributed by atoms with Crippen LogP contribution in [0.4, 0.5) is 0 Å². The fourth-order valence-corrected chi connectivity index (χ4v) is 3.13. The minimum atomic E-state index is -0.000398. The largest absolute Gasteiger partial charge is 0.497 e. The molecule has 0 spiro atoms. The van der Waals surface area contributed by atoms with Gasteiger partial charge in [-0.15, -0.1) is 0 Å². The number of imidazole rings is 1. The molecule has 0 unspecified atom stereocenters. The van der Waals surface area contributed by atoms with Crippen LogP contribution in [0, 0.1) is 0 Å². The number of carbonyl (C=O) groups is 1. The van der Waals surface area contributed by atoms with Crippen LogP contribution in [0.15, 0.2) is 48.5 Å². The lowest BCUT2D eigenvalue weighted by Gasteiger charge is -2.09. The van der Waals surface area contributed by atoms with Gasteiger partial charge < -0.3 is 14.6 Å². The zero-order chi connectivity index (χ0) is 17.2. The van der Waals surface area contributed by atoms with Gasteiger partial charge in [0.2, 0.25) is 5.91 Å². The third kappa shape index (κ3) is 3.36. The molecule has 4 rings (SSSR count). The van der Waals surface area contributed by atoms with E-state index < -0.39 is 0 Å². The van der Waals surface area contributed by atoms with Crippen LogP contribution in [0.25, 0.3) is 11.0 Å². The number of hydrogen-bond acceptors (Lipinski definition) is 3. The topological polar surface area (TPSA) is 56.1 Å². The van der Waals surface area contributed by atoms with Gasteiger partial charge in [-0.3, -0.25) is 4.79 Å². The SMILES string of the molecule is COc1ccc(CC(=O)NCc2nc3ccccc3n2C2CC2)cc1. The van der Waals surface area contributed by atoms with Gasteiger partial charge in [0, 0.05) is 6.04 Å². The van der Waals surface area contributed by atoms with Gasteiger partial charge in [0.15, 0.2) is 0 Å². The van der Waals surface area contributed by atoms with Crippen molar-refractivity contribution in [3.8, 4) is 5.75 Å². The van der Waals surface area contributed by atoms with Crippen LogP contribution in [0.1, 0.15) is 30.3 Å². The molecule has 1 saturated carbocycles. The normalized spacial score (nSPS) is 13.8. The Balaban J connectivity index is 1.44. The number of methoxy groups -OCH3 is 1. The third-order valence-electron chi connectivity index (χ3n) is 4.55. The number of carbonyl (C=O) groups excluding carboxylic acids is 1. The van der Waals surface area contributed by atoms with E-state index in [9.17, 15) is 4.79 Å². The van der Waals surface area contributed by atoms with E-state index in [2.05, 4.69) is 16.0 Å². The molecule has 3 aromatic rings. The number of ether oxygens (including phenoxy) is 1. The van der Waals surface area contributed by atoms with Gasteiger partial charge in [0.1, 0.15) is 11.6 Å². The number of hydrogen-bond donors (Lipinski definition) is 1. The summed E-state index contributed by atoms with van der Waals surface area (Å²) >= 11 is 0. The molecule has 0 radical (unpaired) electrons. The Kier molecular flexibility index (Phi) is 4.14. The average molecular weight is 335 g/mol. The van der Waals surface area contributed by atoms with Crippen LogP contribution in [0.5, 0.6) is 5.75 Å². The first-order valence-corrected chi connectivity index (χ1v) is 8.60. The highest BCUT2D eigenvalue weighted by atomic mass is 16.5. The Bertz CT molecular complexity index is 895. The minimum Gasteiger partial charge on any atom is -0.497 e. The molecule has 0 bridgehead atoms. The van der Waals surface area contributed by atoms with Crippen molar-refractivity contribution in [3.63, 3.8) is 0 Å². The number of rotatable bonds is 6. The smallest absolute Gasteiger partial charge is 0.224 e. The van der Waals surface area contributed by atoms with E-state index in [4.69, 9.17) is 9.72 Å². The summed E-state index contributed by atoms with van der Waals surface area (Å²) < 4.78 is 7.42. The van der Waals surface area contributed by atoms with Crippen molar-refractivity contribution in [1.29, 1.82) is 0 Å². The number of amides is 1. The number of aromatic nitrogens is 2. The molecule has 0 aliphatic heterocycles. The third-order valence-corrected chi connectivity index (χ3v) is 4.55. The standard InChI is InChI=1S/C20H21N3O2/c1-25-16-10-6-14(7-11-16)12-20(24)21-13-19-22-17-4-2-3-5-18(17)23(19)15-8-9-15/h2-7,10-11,15H,8-9,12-13H2,1H3,(H,21,24). The lowest BCUT2D eigenvalue weighted by atomic mass is 10.1. The van der Waals surface area contributed by atoms with Crippen molar-refractivity contribution in [2.45, 2.75) is 31.8 Å². The zero-order valence-corrected chi connectivity index (χ0v) is 14.2. The molecule has 128 valence electrons. The Morgan fingerprint density at radius 1 is 1.20 bits per heavy atom. The van der Waals surface area contributed by atoms with Gasteiger partial charge in [-0.05, 0) is 42.7 Å². The average Bonchev–Trinajstić information content (AvgIpc) is 3.41. The highest BCUT2D eigenvalue weighted by Crippen LogP contribution is 2.38. The van der Waals surface area contributed by atoms with E-state index in [1.165, 1.54) is 12.8 Å². The molecule has 5 nitrogen and oxygen atoms in total. The molecule has 5 heteroatoms. The summed E-state index contributed by atoms with van der Waals surface area (Å²) in [5.41, 5.74) is 3.12. The maximum absolute atomic E-state index is 12.3. The molecule has 0 saturated heterocycles. The van der Waals surface area contributed by atoms with E-state index >= 15 is 0 Å². The lowest BCUT2D eigenvalue weighted by Crippen LogP contribution is -2.26. The number of benzene rings is 2. The van der Waals surface area contributed by atoms with Crippen LogP contribution in [-0.2, 0) is 17.8 Å². The van der Waals surface area contributed by atoms with E-state index in [0.29, 0.717) is 19.0 Å². The second-order valence-corrected chi connectivity index (χ2v) is 6.42. The molecule has 0 atom stereocenters. The molecule has 1 heterocycles. The molecular weight excluding hydrogens is 314 g/mol. The van der Waals surface area contributed by atoms with Gasteiger partial charge in [0.25, 0.3) is 0 Å². The van der Waals surface area contributed by atoms with Crippen LogP contribution < -0.4 is 10.1 Å². The fraction of sp³-hybridized carbons (Fsp3) is 0.300. The highest BCUT2D eigenvalue weighted by molar-refractivity contribution is 5.79. The van der Waals surface area contributed by atoms with E-state index in [1.54, 1.807) is 7.11 Å². The van der Waals surface area contributed by atoms with Crippen molar-refractivity contribution in [3.05, 3.63) is 59.9 Å². The Hall–Kier alpha value is -2.82. The molecule has 1 fully saturated rings. The first-order chi connectivity index (χ1) is 12.2. The van der Waals surface area contributed by atoms with Crippen molar-refractivity contribution in [2.75, 3.05) is 7.11 Å². The maximum Gasteiger partial charge on any atom is 0.224 e. The van der Waals surface area contributed by atoms with E-state index in [1.807, 2.05) is 42.5 Å².